The van der Waals surface area contributed by atoms with Crippen molar-refractivity contribution in [3.05, 3.63) is 77.6 Å². The lowest BCUT2D eigenvalue weighted by atomic mass is 10.1. The van der Waals surface area contributed by atoms with E-state index in [0.717, 1.165) is 11.3 Å². The van der Waals surface area contributed by atoms with E-state index in [1.165, 1.54) is 0 Å². The van der Waals surface area contributed by atoms with E-state index < -0.39 is 29.6 Å². The molecule has 14 nitrogen and oxygen atoms in total. The van der Waals surface area contributed by atoms with Crippen LogP contribution in [0.2, 0.25) is 0 Å². The number of rotatable bonds is 12. The average molecular weight is 630 g/mol. The summed E-state index contributed by atoms with van der Waals surface area (Å²) in [5.74, 6) is -0.818. The topological polar surface area (TPSA) is 201 Å². The third kappa shape index (κ3) is 9.74. The fraction of sp³-hybridized carbons (Fsp3) is 0.344. The van der Waals surface area contributed by atoms with Crippen molar-refractivity contribution in [3.8, 4) is 0 Å². The Labute approximate surface area is 266 Å². The summed E-state index contributed by atoms with van der Waals surface area (Å²) in [7, 11) is 1.87. The number of nitrogens with two attached hydrogens (primary N) is 2. The van der Waals surface area contributed by atoms with Gasteiger partial charge in [0, 0.05) is 24.8 Å². The van der Waals surface area contributed by atoms with Gasteiger partial charge in [0.15, 0.2) is 17.0 Å². The number of hydrogen-bond donors (Lipinski definition) is 4. The zero-order valence-corrected chi connectivity index (χ0v) is 26.3. The lowest BCUT2D eigenvalue weighted by molar-refractivity contribution is -0.157. The maximum Gasteiger partial charge on any atom is 0.407 e. The summed E-state index contributed by atoms with van der Waals surface area (Å²) < 4.78 is 10.8. The maximum absolute atomic E-state index is 13.2. The molecule has 14 heteroatoms. The minimum absolute atomic E-state index is 0.0273. The van der Waals surface area contributed by atoms with Gasteiger partial charge in [0.1, 0.15) is 18.2 Å². The van der Waals surface area contributed by atoms with E-state index >= 15 is 0 Å². The molecule has 2 aromatic heterocycles. The number of amides is 2. The van der Waals surface area contributed by atoms with E-state index in [-0.39, 0.29) is 31.3 Å². The fourth-order valence-corrected chi connectivity index (χ4v) is 4.39. The Kier molecular flexibility index (Phi) is 10.9. The number of carbonyl (C=O) groups excluding carboxylic acids is 3. The van der Waals surface area contributed by atoms with E-state index in [9.17, 15) is 14.4 Å². The number of esters is 1. The number of benzene rings is 2. The molecular formula is C32H39N9O5. The molecule has 2 aromatic carbocycles. The van der Waals surface area contributed by atoms with E-state index in [1.807, 2.05) is 42.3 Å². The van der Waals surface area contributed by atoms with Gasteiger partial charge in [-0.25, -0.2) is 19.6 Å². The van der Waals surface area contributed by atoms with Crippen molar-refractivity contribution in [1.29, 1.82) is 0 Å². The van der Waals surface area contributed by atoms with Crippen LogP contribution in [0.15, 0.2) is 60.8 Å². The summed E-state index contributed by atoms with van der Waals surface area (Å²) in [5, 5.41) is 5.46. The second-order valence-corrected chi connectivity index (χ2v) is 11.6. The number of nitrogens with one attached hydrogen (secondary N) is 2. The van der Waals surface area contributed by atoms with Gasteiger partial charge in [-0.05, 0) is 63.4 Å². The minimum Gasteiger partial charge on any atom is -0.458 e. The summed E-state index contributed by atoms with van der Waals surface area (Å²) in [5.41, 5.74) is 14.2. The molecule has 1 unspecified atom stereocenters. The number of hydrogen-bond acceptors (Lipinski definition) is 12. The van der Waals surface area contributed by atoms with Crippen LogP contribution in [0.3, 0.4) is 0 Å². The Hall–Kier alpha value is -5.53. The Morgan fingerprint density at radius 3 is 2.39 bits per heavy atom. The standard InChI is InChI=1S/C32H39N9O5/c1-32(2,3)46-29(43)24(11-8-16-35-31(44)45-19-20-9-6-5-7-10-20)38-28(42)21-12-14-23(15-13-21)41(4)18-22-17-36-27-25(37-22)26(33)39-30(34)40-27/h5-7,9-10,12-15,17,24H,8,11,16,18-19H2,1-4H3,(H,35,44)(H,38,42)(H4,33,34,36,39,40). The lowest BCUT2D eigenvalue weighted by Crippen LogP contribution is -2.44. The van der Waals surface area contributed by atoms with Crippen LogP contribution in [0.4, 0.5) is 22.2 Å². The number of nitrogens with zero attached hydrogens (tertiary/aromatic N) is 5. The van der Waals surface area contributed by atoms with Crippen LogP contribution in [-0.4, -0.2) is 63.1 Å². The Morgan fingerprint density at radius 2 is 1.70 bits per heavy atom. The van der Waals surface area contributed by atoms with Gasteiger partial charge in [0.2, 0.25) is 5.95 Å². The molecule has 0 aliphatic rings. The van der Waals surface area contributed by atoms with Crippen LogP contribution in [0.25, 0.3) is 11.2 Å². The third-order valence-corrected chi connectivity index (χ3v) is 6.62. The predicted octanol–water partition coefficient (Wildman–Crippen LogP) is 3.37. The van der Waals surface area contributed by atoms with Crippen molar-refractivity contribution in [2.45, 2.75) is 58.4 Å². The largest absolute Gasteiger partial charge is 0.458 e. The molecule has 0 fully saturated rings. The van der Waals surface area contributed by atoms with Crippen molar-refractivity contribution >= 4 is 46.6 Å². The number of fused-ring (bicyclic) bond motifs is 1. The molecule has 0 aliphatic carbocycles. The average Bonchev–Trinajstić information content (AvgIpc) is 3.01. The van der Waals surface area contributed by atoms with Crippen molar-refractivity contribution < 1.29 is 23.9 Å². The number of aromatic nitrogens is 4. The van der Waals surface area contributed by atoms with Crippen molar-refractivity contribution in [2.75, 3.05) is 30.0 Å². The lowest BCUT2D eigenvalue weighted by Gasteiger charge is -2.25. The molecule has 1 atom stereocenters. The number of alkyl carbamates (subject to hydrolysis) is 1. The molecule has 0 radical (unpaired) electrons. The first kappa shape index (κ1) is 33.4. The third-order valence-electron chi connectivity index (χ3n) is 6.62. The molecule has 2 amide bonds. The zero-order valence-electron chi connectivity index (χ0n) is 26.3. The fourth-order valence-electron chi connectivity index (χ4n) is 4.39. The van der Waals surface area contributed by atoms with Gasteiger partial charge < -0.3 is 36.5 Å². The van der Waals surface area contributed by atoms with E-state index in [0.29, 0.717) is 35.4 Å². The predicted molar refractivity (Wildman–Crippen MR) is 173 cm³/mol. The van der Waals surface area contributed by atoms with Gasteiger partial charge in [-0.3, -0.25) is 4.79 Å². The smallest absolute Gasteiger partial charge is 0.407 e. The summed E-state index contributed by atoms with van der Waals surface area (Å²) >= 11 is 0. The molecular weight excluding hydrogens is 590 g/mol. The zero-order chi connectivity index (χ0) is 33.3. The maximum atomic E-state index is 13.2. The van der Waals surface area contributed by atoms with E-state index in [1.54, 1.807) is 51.2 Å². The summed E-state index contributed by atoms with van der Waals surface area (Å²) in [6.45, 7) is 6.06. The van der Waals surface area contributed by atoms with Crippen molar-refractivity contribution in [3.63, 3.8) is 0 Å². The van der Waals surface area contributed by atoms with Gasteiger partial charge in [-0.2, -0.15) is 9.97 Å². The van der Waals surface area contributed by atoms with Crippen molar-refractivity contribution in [2.24, 2.45) is 0 Å². The molecule has 0 aliphatic heterocycles. The number of anilines is 3. The van der Waals surface area contributed by atoms with Crippen molar-refractivity contribution in [1.82, 2.24) is 30.6 Å². The molecule has 0 saturated carbocycles. The molecule has 242 valence electrons. The Balaban J connectivity index is 1.32. The highest BCUT2D eigenvalue weighted by molar-refractivity contribution is 5.97. The van der Waals surface area contributed by atoms with Gasteiger partial charge in [-0.1, -0.05) is 30.3 Å². The first-order valence-corrected chi connectivity index (χ1v) is 14.7. The van der Waals surface area contributed by atoms with Crippen LogP contribution in [0.1, 0.15) is 55.2 Å². The van der Waals surface area contributed by atoms with Gasteiger partial charge in [-0.15, -0.1) is 0 Å². The highest BCUT2D eigenvalue weighted by atomic mass is 16.6. The Morgan fingerprint density at radius 1 is 0.978 bits per heavy atom. The quantitative estimate of drug-likeness (QED) is 0.132. The molecule has 4 aromatic rings. The number of carbonyl (C=O) groups is 3. The Bertz CT molecular complexity index is 1660. The van der Waals surface area contributed by atoms with Gasteiger partial charge >= 0.3 is 12.1 Å². The number of nitrogen functional groups attached to an aromatic ring is 2. The highest BCUT2D eigenvalue weighted by Gasteiger charge is 2.27. The second kappa shape index (κ2) is 15.0. The van der Waals surface area contributed by atoms with E-state index in [2.05, 4.69) is 30.6 Å². The molecule has 0 spiro atoms. The normalized spacial score (nSPS) is 11.8. The molecule has 0 saturated heterocycles. The summed E-state index contributed by atoms with van der Waals surface area (Å²) in [4.78, 5) is 56.9. The molecule has 4 rings (SSSR count). The van der Waals surface area contributed by atoms with Gasteiger partial charge in [0.05, 0.1) is 18.4 Å². The molecule has 0 bridgehead atoms. The van der Waals surface area contributed by atoms with Crippen LogP contribution in [-0.2, 0) is 27.4 Å². The summed E-state index contributed by atoms with van der Waals surface area (Å²) in [6.07, 6.45) is 1.67. The second-order valence-electron chi connectivity index (χ2n) is 11.6. The SMILES string of the molecule is CN(Cc1cnc2nc(N)nc(N)c2n1)c1ccc(C(=O)NC(CCCNC(=O)OCc2ccccc2)C(=O)OC(C)(C)C)cc1. The monoisotopic (exact) mass is 629 g/mol. The molecule has 2 heterocycles. The van der Waals surface area contributed by atoms with Gasteiger partial charge in [0.25, 0.3) is 5.91 Å². The summed E-state index contributed by atoms with van der Waals surface area (Å²) in [6, 6.07) is 15.3. The molecule has 46 heavy (non-hydrogen) atoms. The van der Waals surface area contributed by atoms with Crippen LogP contribution in [0, 0.1) is 0 Å². The van der Waals surface area contributed by atoms with E-state index in [4.69, 9.17) is 20.9 Å². The van der Waals surface area contributed by atoms with Crippen LogP contribution in [0.5, 0.6) is 0 Å². The minimum atomic E-state index is -0.922. The highest BCUT2D eigenvalue weighted by Crippen LogP contribution is 2.19. The first-order valence-electron chi connectivity index (χ1n) is 14.7. The van der Waals surface area contributed by atoms with Crippen LogP contribution >= 0.6 is 0 Å². The number of ether oxygens (including phenoxy) is 2. The molecule has 6 N–H and O–H groups in total. The van der Waals surface area contributed by atoms with Crippen LogP contribution < -0.4 is 27.0 Å². The first-order chi connectivity index (χ1) is 21.9.